The largest absolute Gasteiger partial charge is 0.507 e. The first-order chi connectivity index (χ1) is 7.65. The number of phenols is 1. The van der Waals surface area contributed by atoms with Crippen LogP contribution in [-0.4, -0.2) is 22.5 Å². The van der Waals surface area contributed by atoms with Crippen LogP contribution in [0.3, 0.4) is 0 Å². The Bertz CT molecular complexity index is 587. The third-order valence-electron chi connectivity index (χ3n) is 2.41. The van der Waals surface area contributed by atoms with Crippen molar-refractivity contribution in [3.63, 3.8) is 0 Å². The summed E-state index contributed by atoms with van der Waals surface area (Å²) in [4.78, 5) is 21.8. The molecule has 0 aliphatic heterocycles. The second-order valence-corrected chi connectivity index (χ2v) is 3.33. The van der Waals surface area contributed by atoms with Crippen LogP contribution in [0.15, 0.2) is 30.3 Å². The molecule has 0 aliphatic carbocycles. The van der Waals surface area contributed by atoms with Gasteiger partial charge in [0.15, 0.2) is 6.29 Å². The molecule has 2 aromatic rings. The van der Waals surface area contributed by atoms with E-state index in [2.05, 4.69) is 0 Å². The molecule has 0 fully saturated rings. The molecular weight excluding hydrogens is 208 g/mol. The summed E-state index contributed by atoms with van der Waals surface area (Å²) >= 11 is 0. The number of fused-ring (bicyclic) bond motifs is 1. The van der Waals surface area contributed by atoms with Crippen molar-refractivity contribution in [1.29, 1.82) is 0 Å². The van der Waals surface area contributed by atoms with Crippen molar-refractivity contribution >= 4 is 23.0 Å². The minimum Gasteiger partial charge on any atom is -0.507 e. The molecule has 16 heavy (non-hydrogen) atoms. The first-order valence-electron chi connectivity index (χ1n) is 4.58. The summed E-state index contributed by atoms with van der Waals surface area (Å²) in [5.74, 6) is -1.18. The van der Waals surface area contributed by atoms with E-state index in [1.54, 1.807) is 12.1 Å². The third kappa shape index (κ3) is 1.40. The van der Waals surface area contributed by atoms with Crippen molar-refractivity contribution in [2.24, 2.45) is 0 Å². The number of benzene rings is 2. The Kier molecular flexibility index (Phi) is 2.32. The maximum absolute atomic E-state index is 11.0. The Balaban J connectivity index is 2.96. The van der Waals surface area contributed by atoms with Crippen molar-refractivity contribution in [3.05, 3.63) is 41.5 Å². The quantitative estimate of drug-likeness (QED) is 0.753. The van der Waals surface area contributed by atoms with Gasteiger partial charge in [0.05, 0.1) is 5.56 Å². The summed E-state index contributed by atoms with van der Waals surface area (Å²) in [6, 6.07) is 7.26. The second-order valence-electron chi connectivity index (χ2n) is 3.33. The minimum atomic E-state index is -1.09. The van der Waals surface area contributed by atoms with E-state index in [0.29, 0.717) is 11.7 Å². The number of carboxylic acids is 1. The lowest BCUT2D eigenvalue weighted by Gasteiger charge is -2.06. The fourth-order valence-electron chi connectivity index (χ4n) is 1.70. The number of aromatic carboxylic acids is 1. The minimum absolute atomic E-state index is 0.0662. The van der Waals surface area contributed by atoms with Crippen LogP contribution in [0.25, 0.3) is 10.8 Å². The third-order valence-corrected chi connectivity index (χ3v) is 2.41. The fourth-order valence-corrected chi connectivity index (χ4v) is 1.70. The zero-order chi connectivity index (χ0) is 11.7. The van der Waals surface area contributed by atoms with Gasteiger partial charge in [0.2, 0.25) is 0 Å². The number of carboxylic acid groups (broad SMARTS) is 1. The lowest BCUT2D eigenvalue weighted by atomic mass is 10.00. The van der Waals surface area contributed by atoms with Crippen LogP contribution in [0.1, 0.15) is 20.7 Å². The molecule has 0 unspecified atom stereocenters. The Morgan fingerprint density at radius 2 is 1.94 bits per heavy atom. The van der Waals surface area contributed by atoms with Gasteiger partial charge in [-0.2, -0.15) is 0 Å². The summed E-state index contributed by atoms with van der Waals surface area (Å²) in [7, 11) is 0. The zero-order valence-electron chi connectivity index (χ0n) is 8.18. The molecule has 0 spiro atoms. The highest BCUT2D eigenvalue weighted by atomic mass is 16.4. The zero-order valence-corrected chi connectivity index (χ0v) is 8.18. The van der Waals surface area contributed by atoms with Crippen molar-refractivity contribution in [1.82, 2.24) is 0 Å². The normalized spacial score (nSPS) is 10.2. The van der Waals surface area contributed by atoms with Gasteiger partial charge in [-0.3, -0.25) is 4.79 Å². The highest BCUT2D eigenvalue weighted by Crippen LogP contribution is 2.29. The maximum atomic E-state index is 11.0. The molecule has 0 amide bonds. The van der Waals surface area contributed by atoms with E-state index < -0.39 is 5.97 Å². The molecule has 2 aromatic carbocycles. The fraction of sp³-hybridized carbons (Fsp3) is 0. The topological polar surface area (TPSA) is 74.6 Å². The summed E-state index contributed by atoms with van der Waals surface area (Å²) in [5, 5.41) is 19.2. The summed E-state index contributed by atoms with van der Waals surface area (Å²) in [5.41, 5.74) is 0.342. The standard InChI is InChI=1S/C12H8O4/c13-6-7-2-1-3-8-9(12(15)16)4-5-10(14)11(7)8/h1-6,14H,(H,15,16). The Morgan fingerprint density at radius 3 is 2.56 bits per heavy atom. The lowest BCUT2D eigenvalue weighted by Crippen LogP contribution is -1.98. The molecular formula is C12H8O4. The van der Waals surface area contributed by atoms with Gasteiger partial charge >= 0.3 is 5.97 Å². The predicted molar refractivity (Wildman–Crippen MR) is 58.0 cm³/mol. The second kappa shape index (κ2) is 3.66. The van der Waals surface area contributed by atoms with Crippen LogP contribution < -0.4 is 0 Å². The summed E-state index contributed by atoms with van der Waals surface area (Å²) in [6.45, 7) is 0. The average molecular weight is 216 g/mol. The van der Waals surface area contributed by atoms with E-state index in [0.717, 1.165) is 0 Å². The van der Waals surface area contributed by atoms with E-state index in [-0.39, 0.29) is 22.3 Å². The Labute approximate surface area is 90.8 Å². The molecule has 0 bridgehead atoms. The first-order valence-corrected chi connectivity index (χ1v) is 4.58. The number of phenolic OH excluding ortho intramolecular Hbond substituents is 1. The smallest absolute Gasteiger partial charge is 0.336 e. The van der Waals surface area contributed by atoms with E-state index in [9.17, 15) is 14.7 Å². The molecule has 0 saturated heterocycles. The molecule has 2 rings (SSSR count). The van der Waals surface area contributed by atoms with Gasteiger partial charge < -0.3 is 10.2 Å². The molecule has 0 saturated carbocycles. The molecule has 0 atom stereocenters. The van der Waals surface area contributed by atoms with E-state index in [1.807, 2.05) is 0 Å². The van der Waals surface area contributed by atoms with E-state index >= 15 is 0 Å². The lowest BCUT2D eigenvalue weighted by molar-refractivity contribution is 0.0699. The van der Waals surface area contributed by atoms with Gasteiger partial charge in [-0.15, -0.1) is 0 Å². The summed E-state index contributed by atoms with van der Waals surface area (Å²) < 4.78 is 0. The average Bonchev–Trinajstić information content (AvgIpc) is 2.28. The highest BCUT2D eigenvalue weighted by molar-refractivity contribution is 6.10. The van der Waals surface area contributed by atoms with Gasteiger partial charge in [-0.25, -0.2) is 4.79 Å². The van der Waals surface area contributed by atoms with Gasteiger partial charge in [0, 0.05) is 16.3 Å². The number of aromatic hydroxyl groups is 1. The Morgan fingerprint density at radius 1 is 1.19 bits per heavy atom. The molecule has 0 heterocycles. The van der Waals surface area contributed by atoms with Crippen LogP contribution in [-0.2, 0) is 0 Å². The number of carbonyl (C=O) groups excluding carboxylic acids is 1. The highest BCUT2D eigenvalue weighted by Gasteiger charge is 2.13. The molecule has 0 aliphatic rings. The van der Waals surface area contributed by atoms with Crippen LogP contribution in [0.2, 0.25) is 0 Å². The Hall–Kier alpha value is -2.36. The van der Waals surface area contributed by atoms with E-state index in [4.69, 9.17) is 5.11 Å². The SMILES string of the molecule is O=Cc1cccc2c(C(=O)O)ccc(O)c12. The predicted octanol–water partition coefficient (Wildman–Crippen LogP) is 2.06. The molecule has 2 N–H and O–H groups in total. The van der Waals surface area contributed by atoms with Crippen molar-refractivity contribution < 1.29 is 19.8 Å². The molecule has 4 nitrogen and oxygen atoms in total. The number of hydrogen-bond donors (Lipinski definition) is 2. The summed E-state index contributed by atoms with van der Waals surface area (Å²) in [6.07, 6.45) is 0.591. The van der Waals surface area contributed by atoms with Crippen LogP contribution in [0.5, 0.6) is 5.75 Å². The number of carbonyl (C=O) groups is 2. The van der Waals surface area contributed by atoms with Gasteiger partial charge in [0.25, 0.3) is 0 Å². The van der Waals surface area contributed by atoms with Gasteiger partial charge in [0.1, 0.15) is 5.75 Å². The molecule has 80 valence electrons. The van der Waals surface area contributed by atoms with Crippen molar-refractivity contribution in [2.75, 3.05) is 0 Å². The van der Waals surface area contributed by atoms with Crippen LogP contribution >= 0.6 is 0 Å². The molecule has 4 heteroatoms. The van der Waals surface area contributed by atoms with Gasteiger partial charge in [-0.05, 0) is 12.1 Å². The number of rotatable bonds is 2. The number of aldehydes is 1. The molecule has 0 radical (unpaired) electrons. The first kappa shape index (κ1) is 10.2. The number of hydrogen-bond acceptors (Lipinski definition) is 3. The van der Waals surface area contributed by atoms with Crippen LogP contribution in [0.4, 0.5) is 0 Å². The monoisotopic (exact) mass is 216 g/mol. The van der Waals surface area contributed by atoms with Crippen molar-refractivity contribution in [3.8, 4) is 5.75 Å². The molecule has 0 aromatic heterocycles. The maximum Gasteiger partial charge on any atom is 0.336 e. The van der Waals surface area contributed by atoms with Gasteiger partial charge in [-0.1, -0.05) is 18.2 Å². The van der Waals surface area contributed by atoms with Crippen LogP contribution in [0, 0.1) is 0 Å². The van der Waals surface area contributed by atoms with Crippen molar-refractivity contribution in [2.45, 2.75) is 0 Å². The van der Waals surface area contributed by atoms with E-state index in [1.165, 1.54) is 18.2 Å².